The molecule has 0 bridgehead atoms. The first-order chi connectivity index (χ1) is 9.66. The molecule has 2 N–H and O–H groups in total. The first kappa shape index (κ1) is 13.5. The first-order valence-corrected chi connectivity index (χ1v) is 7.72. The highest BCUT2D eigenvalue weighted by Crippen LogP contribution is 2.39. The zero-order valence-electron chi connectivity index (χ0n) is 12.4. The van der Waals surface area contributed by atoms with E-state index < -0.39 is 0 Å². The Balaban J connectivity index is 1.63. The SMILES string of the molecule is Cc1[nH]ncc1CNC(=O)N1[C@H](C)C[C@H]2CCCC[C@H]21. The summed E-state index contributed by atoms with van der Waals surface area (Å²) < 4.78 is 0. The molecule has 0 aromatic carbocycles. The average Bonchev–Trinajstić information content (AvgIpc) is 2.98. The number of nitrogens with zero attached hydrogens (tertiary/aromatic N) is 2. The van der Waals surface area contributed by atoms with Crippen molar-refractivity contribution in [3.05, 3.63) is 17.5 Å². The molecular formula is C15H24N4O. The van der Waals surface area contributed by atoms with Gasteiger partial charge in [-0.25, -0.2) is 4.79 Å². The number of aryl methyl sites for hydroxylation is 1. The highest BCUT2D eigenvalue weighted by Gasteiger charge is 2.42. The lowest BCUT2D eigenvalue weighted by Crippen LogP contribution is -2.47. The van der Waals surface area contributed by atoms with Gasteiger partial charge in [-0.1, -0.05) is 12.8 Å². The van der Waals surface area contributed by atoms with E-state index in [9.17, 15) is 4.79 Å². The number of H-pyrrole nitrogens is 1. The summed E-state index contributed by atoms with van der Waals surface area (Å²) in [6.45, 7) is 4.72. The summed E-state index contributed by atoms with van der Waals surface area (Å²) >= 11 is 0. The summed E-state index contributed by atoms with van der Waals surface area (Å²) in [5, 5.41) is 9.95. The second kappa shape index (κ2) is 5.46. The fourth-order valence-corrected chi connectivity index (χ4v) is 3.87. The van der Waals surface area contributed by atoms with Crippen molar-refractivity contribution < 1.29 is 4.79 Å². The van der Waals surface area contributed by atoms with Gasteiger partial charge in [0.25, 0.3) is 0 Å². The van der Waals surface area contributed by atoms with Gasteiger partial charge < -0.3 is 10.2 Å². The molecular weight excluding hydrogens is 252 g/mol. The smallest absolute Gasteiger partial charge is 0.318 e. The number of nitrogens with one attached hydrogen (secondary N) is 2. The second-order valence-corrected chi connectivity index (χ2v) is 6.28. The van der Waals surface area contributed by atoms with Crippen LogP contribution in [0.3, 0.4) is 0 Å². The van der Waals surface area contributed by atoms with Gasteiger partial charge in [-0.05, 0) is 39.0 Å². The van der Waals surface area contributed by atoms with Crippen LogP contribution in [0.5, 0.6) is 0 Å². The number of aromatic amines is 1. The van der Waals surface area contributed by atoms with Crippen molar-refractivity contribution in [3.8, 4) is 0 Å². The van der Waals surface area contributed by atoms with E-state index in [4.69, 9.17) is 0 Å². The van der Waals surface area contributed by atoms with Crippen molar-refractivity contribution in [1.82, 2.24) is 20.4 Å². The lowest BCUT2D eigenvalue weighted by Gasteiger charge is -2.33. The van der Waals surface area contributed by atoms with Crippen LogP contribution in [0.2, 0.25) is 0 Å². The van der Waals surface area contributed by atoms with Gasteiger partial charge in [0, 0.05) is 29.9 Å². The Labute approximate surface area is 120 Å². The number of amides is 2. The quantitative estimate of drug-likeness (QED) is 0.872. The van der Waals surface area contributed by atoms with Crippen LogP contribution in [0.15, 0.2) is 6.20 Å². The summed E-state index contributed by atoms with van der Waals surface area (Å²) in [6.07, 6.45) is 8.01. The van der Waals surface area contributed by atoms with Crippen molar-refractivity contribution in [3.63, 3.8) is 0 Å². The minimum Gasteiger partial charge on any atom is -0.334 e. The van der Waals surface area contributed by atoms with E-state index >= 15 is 0 Å². The molecule has 1 aromatic rings. The zero-order valence-corrected chi connectivity index (χ0v) is 12.4. The Morgan fingerprint density at radius 2 is 2.30 bits per heavy atom. The minimum absolute atomic E-state index is 0.0903. The average molecular weight is 276 g/mol. The van der Waals surface area contributed by atoms with Crippen molar-refractivity contribution in [1.29, 1.82) is 0 Å². The molecule has 1 aromatic heterocycles. The molecule has 0 radical (unpaired) electrons. The summed E-state index contributed by atoms with van der Waals surface area (Å²) in [4.78, 5) is 14.6. The van der Waals surface area contributed by atoms with Gasteiger partial charge in [0.15, 0.2) is 0 Å². The van der Waals surface area contributed by atoms with Crippen molar-refractivity contribution >= 4 is 6.03 Å². The first-order valence-electron chi connectivity index (χ1n) is 7.72. The van der Waals surface area contributed by atoms with Crippen LogP contribution in [0.1, 0.15) is 50.3 Å². The number of hydrogen-bond donors (Lipinski definition) is 2. The third kappa shape index (κ3) is 2.41. The van der Waals surface area contributed by atoms with Crippen molar-refractivity contribution in [2.24, 2.45) is 5.92 Å². The Bertz CT molecular complexity index is 484. The Morgan fingerprint density at radius 1 is 1.50 bits per heavy atom. The standard InChI is InChI=1S/C15H24N4O/c1-10-7-12-5-3-4-6-14(12)19(10)15(20)16-8-13-9-17-18-11(13)2/h9-10,12,14H,3-8H2,1-2H3,(H,16,20)(H,17,18)/t10-,12-,14-/m1/s1. The number of rotatable bonds is 2. The van der Waals surface area contributed by atoms with E-state index in [-0.39, 0.29) is 6.03 Å². The maximum Gasteiger partial charge on any atom is 0.318 e. The molecule has 0 unspecified atom stereocenters. The highest BCUT2D eigenvalue weighted by molar-refractivity contribution is 5.75. The number of carbonyl (C=O) groups excluding carboxylic acids is 1. The molecule has 3 atom stereocenters. The van der Waals surface area contributed by atoms with Crippen LogP contribution in [0, 0.1) is 12.8 Å². The summed E-state index contributed by atoms with van der Waals surface area (Å²) in [7, 11) is 0. The second-order valence-electron chi connectivity index (χ2n) is 6.28. The van der Waals surface area contributed by atoms with E-state index in [1.165, 1.54) is 32.1 Å². The van der Waals surface area contributed by atoms with E-state index in [0.29, 0.717) is 18.6 Å². The van der Waals surface area contributed by atoms with Crippen LogP contribution in [-0.2, 0) is 6.54 Å². The molecule has 3 rings (SSSR count). The largest absolute Gasteiger partial charge is 0.334 e. The van der Waals surface area contributed by atoms with Crippen LogP contribution < -0.4 is 5.32 Å². The van der Waals surface area contributed by atoms with Crippen LogP contribution in [0.25, 0.3) is 0 Å². The number of aromatic nitrogens is 2. The molecule has 2 heterocycles. The molecule has 5 nitrogen and oxygen atoms in total. The summed E-state index contributed by atoms with van der Waals surface area (Å²) in [6, 6.07) is 0.922. The van der Waals surface area contributed by atoms with Crippen molar-refractivity contribution in [2.75, 3.05) is 0 Å². The minimum atomic E-state index is 0.0903. The molecule has 110 valence electrons. The molecule has 2 fully saturated rings. The molecule has 1 saturated heterocycles. The molecule has 0 spiro atoms. The molecule has 1 aliphatic carbocycles. The fraction of sp³-hybridized carbons (Fsp3) is 0.733. The van der Waals surface area contributed by atoms with Crippen LogP contribution in [-0.4, -0.2) is 33.2 Å². The third-order valence-electron chi connectivity index (χ3n) is 4.94. The van der Waals surface area contributed by atoms with E-state index in [1.807, 2.05) is 6.92 Å². The van der Waals surface area contributed by atoms with Gasteiger partial charge in [0.1, 0.15) is 0 Å². The zero-order chi connectivity index (χ0) is 14.1. The van der Waals surface area contributed by atoms with Crippen molar-refractivity contribution in [2.45, 2.75) is 64.6 Å². The van der Waals surface area contributed by atoms with E-state index in [2.05, 4.69) is 27.3 Å². The number of hydrogen-bond acceptors (Lipinski definition) is 2. The van der Waals surface area contributed by atoms with Gasteiger partial charge >= 0.3 is 6.03 Å². The molecule has 1 aliphatic heterocycles. The highest BCUT2D eigenvalue weighted by atomic mass is 16.2. The molecule has 2 amide bonds. The van der Waals surface area contributed by atoms with Gasteiger partial charge in [-0.2, -0.15) is 5.10 Å². The van der Waals surface area contributed by atoms with Crippen LogP contribution >= 0.6 is 0 Å². The predicted octanol–water partition coefficient (Wildman–Crippen LogP) is 2.58. The monoisotopic (exact) mass is 276 g/mol. The maximum absolute atomic E-state index is 12.5. The van der Waals surface area contributed by atoms with Gasteiger partial charge in [-0.3, -0.25) is 5.10 Å². The topological polar surface area (TPSA) is 61.0 Å². The fourth-order valence-electron chi connectivity index (χ4n) is 3.87. The Kier molecular flexibility index (Phi) is 3.68. The lowest BCUT2D eigenvalue weighted by molar-refractivity contribution is 0.155. The van der Waals surface area contributed by atoms with Gasteiger partial charge in [0.2, 0.25) is 0 Å². The number of fused-ring (bicyclic) bond motifs is 1. The molecule has 2 aliphatic rings. The number of urea groups is 1. The van der Waals surface area contributed by atoms with Crippen LogP contribution in [0.4, 0.5) is 4.79 Å². The molecule has 5 heteroatoms. The molecule has 20 heavy (non-hydrogen) atoms. The number of carbonyl (C=O) groups is 1. The lowest BCUT2D eigenvalue weighted by atomic mass is 9.85. The van der Waals surface area contributed by atoms with E-state index in [1.54, 1.807) is 6.20 Å². The molecule has 1 saturated carbocycles. The summed E-state index contributed by atoms with van der Waals surface area (Å²) in [5.74, 6) is 0.722. The third-order valence-corrected chi connectivity index (χ3v) is 4.94. The Hall–Kier alpha value is -1.52. The number of likely N-dealkylation sites (tertiary alicyclic amines) is 1. The van der Waals surface area contributed by atoms with Gasteiger partial charge in [-0.15, -0.1) is 0 Å². The summed E-state index contributed by atoms with van der Waals surface area (Å²) in [5.41, 5.74) is 2.08. The maximum atomic E-state index is 12.5. The Morgan fingerprint density at radius 3 is 3.05 bits per heavy atom. The normalized spacial score (nSPS) is 29.3. The van der Waals surface area contributed by atoms with E-state index in [0.717, 1.165) is 17.2 Å². The predicted molar refractivity (Wildman–Crippen MR) is 77.2 cm³/mol. The van der Waals surface area contributed by atoms with Gasteiger partial charge in [0.05, 0.1) is 6.20 Å².